The number of nitrogens with zero attached hydrogens (tertiary/aromatic N) is 2. The Morgan fingerprint density at radius 3 is 2.56 bits per heavy atom. The Hall–Kier alpha value is -3.87. The summed E-state index contributed by atoms with van der Waals surface area (Å²) in [5.74, 6) is 0.491. The Labute approximate surface area is 188 Å². The Kier molecular flexibility index (Phi) is 7.44. The van der Waals surface area contributed by atoms with Crippen LogP contribution in [0.25, 0.3) is 0 Å². The molecule has 166 valence electrons. The number of pyridine rings is 1. The van der Waals surface area contributed by atoms with Gasteiger partial charge in [0.05, 0.1) is 0 Å². The highest BCUT2D eigenvalue weighted by Gasteiger charge is 2.17. The van der Waals surface area contributed by atoms with Gasteiger partial charge in [0.25, 0.3) is 5.91 Å². The Morgan fingerprint density at radius 2 is 1.88 bits per heavy atom. The van der Waals surface area contributed by atoms with Crippen LogP contribution in [0.3, 0.4) is 0 Å². The maximum atomic E-state index is 12.6. The van der Waals surface area contributed by atoms with Crippen molar-refractivity contribution in [1.82, 2.24) is 4.98 Å². The summed E-state index contributed by atoms with van der Waals surface area (Å²) in [6, 6.07) is 15.0. The van der Waals surface area contributed by atoms with Crippen molar-refractivity contribution in [2.45, 2.75) is 40.4 Å². The van der Waals surface area contributed by atoms with E-state index in [9.17, 15) is 4.79 Å². The number of hydrogen-bond acceptors (Lipinski definition) is 5. The van der Waals surface area contributed by atoms with Crippen LogP contribution in [0, 0.1) is 20.8 Å². The van der Waals surface area contributed by atoms with Gasteiger partial charge >= 0.3 is 0 Å². The highest BCUT2D eigenvalue weighted by atomic mass is 16.6. The lowest BCUT2D eigenvalue weighted by Crippen LogP contribution is -2.28. The van der Waals surface area contributed by atoms with Gasteiger partial charge in [-0.3, -0.25) is 9.78 Å². The number of carbonyl (C=O) groups is 1. The standard InChI is InChI=1S/C25H28N4O3/c1-16-11-17(2)23(18(3)12-16)28-25(30)19(4)32-29-24(26)21-8-5-9-22(13-21)31-15-20-7-6-10-27-14-20/h5-14,19H,15H2,1-4H3,(H2,26,29)(H,28,30). The molecule has 3 N–H and O–H groups in total. The number of hydrogen-bond donors (Lipinski definition) is 2. The number of amidine groups is 1. The summed E-state index contributed by atoms with van der Waals surface area (Å²) in [7, 11) is 0. The number of carbonyl (C=O) groups excluding carboxylic acids is 1. The number of rotatable bonds is 8. The van der Waals surface area contributed by atoms with Gasteiger partial charge in [0.15, 0.2) is 5.84 Å². The summed E-state index contributed by atoms with van der Waals surface area (Å²) in [5.41, 5.74) is 11.6. The van der Waals surface area contributed by atoms with Crippen molar-refractivity contribution in [2.75, 3.05) is 5.32 Å². The third-order valence-electron chi connectivity index (χ3n) is 4.86. The largest absolute Gasteiger partial charge is 0.489 e. The van der Waals surface area contributed by atoms with Crippen molar-refractivity contribution in [3.63, 3.8) is 0 Å². The number of amides is 1. The number of anilines is 1. The van der Waals surface area contributed by atoms with Gasteiger partial charge in [-0.15, -0.1) is 0 Å². The van der Waals surface area contributed by atoms with Crippen LogP contribution in [-0.4, -0.2) is 22.8 Å². The van der Waals surface area contributed by atoms with E-state index in [0.717, 1.165) is 27.9 Å². The monoisotopic (exact) mass is 432 g/mol. The zero-order chi connectivity index (χ0) is 23.1. The van der Waals surface area contributed by atoms with Gasteiger partial charge < -0.3 is 20.6 Å². The SMILES string of the molecule is Cc1cc(C)c(NC(=O)C(C)ON=C(N)c2cccc(OCc3cccnc3)c2)c(C)c1. The van der Waals surface area contributed by atoms with Crippen molar-refractivity contribution < 1.29 is 14.4 Å². The second kappa shape index (κ2) is 10.4. The third kappa shape index (κ3) is 6.07. The lowest BCUT2D eigenvalue weighted by atomic mass is 10.0. The number of aromatic nitrogens is 1. The molecule has 0 spiro atoms. The van der Waals surface area contributed by atoms with Crippen LogP contribution in [0.15, 0.2) is 66.1 Å². The lowest BCUT2D eigenvalue weighted by Gasteiger charge is -2.15. The van der Waals surface area contributed by atoms with E-state index < -0.39 is 6.10 Å². The first kappa shape index (κ1) is 22.8. The Balaban J connectivity index is 1.60. The van der Waals surface area contributed by atoms with Gasteiger partial charge in [-0.25, -0.2) is 0 Å². The average Bonchev–Trinajstić information content (AvgIpc) is 2.79. The quantitative estimate of drug-likeness (QED) is 0.315. The maximum absolute atomic E-state index is 12.6. The normalized spacial score (nSPS) is 12.2. The first-order valence-electron chi connectivity index (χ1n) is 10.3. The van der Waals surface area contributed by atoms with Crippen LogP contribution >= 0.6 is 0 Å². The first-order valence-corrected chi connectivity index (χ1v) is 10.3. The van der Waals surface area contributed by atoms with E-state index in [2.05, 4.69) is 15.5 Å². The van der Waals surface area contributed by atoms with Crippen LogP contribution in [-0.2, 0) is 16.2 Å². The van der Waals surface area contributed by atoms with Crippen molar-refractivity contribution in [3.05, 3.63) is 88.7 Å². The minimum atomic E-state index is -0.821. The molecule has 0 saturated carbocycles. The van der Waals surface area contributed by atoms with E-state index in [1.54, 1.807) is 31.5 Å². The summed E-state index contributed by atoms with van der Waals surface area (Å²) in [5, 5.41) is 6.85. The minimum Gasteiger partial charge on any atom is -0.489 e. The molecule has 7 heteroatoms. The fourth-order valence-electron chi connectivity index (χ4n) is 3.23. The molecule has 3 rings (SSSR count). The number of ether oxygens (including phenoxy) is 1. The third-order valence-corrected chi connectivity index (χ3v) is 4.86. The summed E-state index contributed by atoms with van der Waals surface area (Å²) >= 11 is 0. The van der Waals surface area contributed by atoms with Crippen molar-refractivity contribution in [2.24, 2.45) is 10.9 Å². The molecule has 32 heavy (non-hydrogen) atoms. The van der Waals surface area contributed by atoms with Crippen LogP contribution in [0.4, 0.5) is 5.69 Å². The number of aryl methyl sites for hydroxylation is 3. The number of nitrogens with two attached hydrogens (primary N) is 1. The topological polar surface area (TPSA) is 98.8 Å². The molecule has 7 nitrogen and oxygen atoms in total. The zero-order valence-corrected chi connectivity index (χ0v) is 18.8. The molecular formula is C25H28N4O3. The predicted molar refractivity (Wildman–Crippen MR) is 126 cm³/mol. The lowest BCUT2D eigenvalue weighted by molar-refractivity contribution is -0.126. The van der Waals surface area contributed by atoms with Gasteiger partial charge in [-0.1, -0.05) is 41.1 Å². The molecule has 0 aliphatic carbocycles. The van der Waals surface area contributed by atoms with Crippen molar-refractivity contribution >= 4 is 17.4 Å². The van der Waals surface area contributed by atoms with Crippen LogP contribution in [0.2, 0.25) is 0 Å². The molecule has 0 aliphatic rings. The average molecular weight is 433 g/mol. The molecule has 1 aromatic heterocycles. The molecule has 3 aromatic rings. The molecule has 1 heterocycles. The fraction of sp³-hybridized carbons (Fsp3) is 0.240. The molecular weight excluding hydrogens is 404 g/mol. The van der Waals surface area contributed by atoms with Gasteiger partial charge in [-0.2, -0.15) is 0 Å². The molecule has 0 fully saturated rings. The van der Waals surface area contributed by atoms with Crippen molar-refractivity contribution in [1.29, 1.82) is 0 Å². The molecule has 0 radical (unpaired) electrons. The van der Waals surface area contributed by atoms with Crippen LogP contribution in [0.5, 0.6) is 5.75 Å². The number of benzene rings is 2. The van der Waals surface area contributed by atoms with Gasteiger partial charge in [0, 0.05) is 29.2 Å². The predicted octanol–water partition coefficient (Wildman–Crippen LogP) is 4.25. The molecule has 1 unspecified atom stereocenters. The smallest absolute Gasteiger partial charge is 0.268 e. The van der Waals surface area contributed by atoms with Gasteiger partial charge in [0.1, 0.15) is 12.4 Å². The highest BCUT2D eigenvalue weighted by molar-refractivity contribution is 5.98. The summed E-state index contributed by atoms with van der Waals surface area (Å²) in [4.78, 5) is 22.0. The second-order valence-electron chi connectivity index (χ2n) is 7.66. The molecule has 0 saturated heterocycles. The van der Waals surface area contributed by atoms with E-state index in [4.69, 9.17) is 15.3 Å². The molecule has 0 bridgehead atoms. The summed E-state index contributed by atoms with van der Waals surface area (Å²) < 4.78 is 5.79. The van der Waals surface area contributed by atoms with Crippen LogP contribution < -0.4 is 15.8 Å². The summed E-state index contributed by atoms with van der Waals surface area (Å²) in [6.07, 6.45) is 2.64. The van der Waals surface area contributed by atoms with E-state index >= 15 is 0 Å². The number of oxime groups is 1. The zero-order valence-electron chi connectivity index (χ0n) is 18.8. The van der Waals surface area contributed by atoms with Crippen LogP contribution in [0.1, 0.15) is 34.7 Å². The maximum Gasteiger partial charge on any atom is 0.268 e. The Bertz CT molecular complexity index is 1090. The molecule has 2 aromatic carbocycles. The van der Waals surface area contributed by atoms with Gasteiger partial charge in [0.2, 0.25) is 6.10 Å². The molecule has 1 amide bonds. The fourth-order valence-corrected chi connectivity index (χ4v) is 3.23. The first-order chi connectivity index (χ1) is 15.3. The van der Waals surface area contributed by atoms with E-state index in [-0.39, 0.29) is 11.7 Å². The highest BCUT2D eigenvalue weighted by Crippen LogP contribution is 2.22. The van der Waals surface area contributed by atoms with E-state index in [1.807, 2.05) is 57.2 Å². The Morgan fingerprint density at radius 1 is 1.12 bits per heavy atom. The van der Waals surface area contributed by atoms with E-state index in [1.165, 1.54) is 0 Å². The minimum absolute atomic E-state index is 0.152. The van der Waals surface area contributed by atoms with Gasteiger partial charge in [-0.05, 0) is 57.0 Å². The van der Waals surface area contributed by atoms with E-state index in [0.29, 0.717) is 17.9 Å². The summed E-state index contributed by atoms with van der Waals surface area (Å²) in [6.45, 7) is 7.95. The second-order valence-corrected chi connectivity index (χ2v) is 7.66. The number of nitrogens with one attached hydrogen (secondary N) is 1. The molecule has 1 atom stereocenters. The molecule has 0 aliphatic heterocycles. The van der Waals surface area contributed by atoms with Crippen molar-refractivity contribution in [3.8, 4) is 5.75 Å².